The van der Waals surface area contributed by atoms with Crippen LogP contribution in [0.25, 0.3) is 11.0 Å². The number of hydrogen-bond donors (Lipinski definition) is 1. The summed E-state index contributed by atoms with van der Waals surface area (Å²) in [5, 5.41) is 4.09. The van der Waals surface area contributed by atoms with Crippen molar-refractivity contribution in [3.63, 3.8) is 0 Å². The fourth-order valence-electron chi connectivity index (χ4n) is 3.37. The van der Waals surface area contributed by atoms with Crippen LogP contribution in [0.3, 0.4) is 0 Å². The quantitative estimate of drug-likeness (QED) is 0.747. The second-order valence-corrected chi connectivity index (χ2v) is 6.80. The zero-order valence-corrected chi connectivity index (χ0v) is 15.3. The predicted molar refractivity (Wildman–Crippen MR) is 103 cm³/mol. The third-order valence-corrected chi connectivity index (χ3v) is 4.86. The van der Waals surface area contributed by atoms with Gasteiger partial charge in [0.05, 0.1) is 18.8 Å². The molecule has 1 N–H and O–H groups in total. The van der Waals surface area contributed by atoms with Crippen LogP contribution < -0.4 is 10.2 Å². The van der Waals surface area contributed by atoms with Gasteiger partial charge in [-0.3, -0.25) is 14.7 Å². The Morgan fingerprint density at radius 2 is 2.04 bits per heavy atom. The first kappa shape index (κ1) is 17.5. The van der Waals surface area contributed by atoms with Crippen molar-refractivity contribution in [3.05, 3.63) is 54.7 Å². The lowest BCUT2D eigenvalue weighted by Gasteiger charge is -2.34. The van der Waals surface area contributed by atoms with Crippen molar-refractivity contribution in [1.29, 1.82) is 0 Å². The molecule has 0 spiro atoms. The number of hydrogen-bond acceptors (Lipinski definition) is 6. The summed E-state index contributed by atoms with van der Waals surface area (Å²) in [5.41, 5.74) is 0.841. The van der Waals surface area contributed by atoms with Crippen molar-refractivity contribution in [2.75, 3.05) is 37.6 Å². The molecule has 0 unspecified atom stereocenters. The van der Waals surface area contributed by atoms with E-state index in [2.05, 4.69) is 25.1 Å². The van der Waals surface area contributed by atoms with E-state index in [1.54, 1.807) is 18.6 Å². The summed E-state index contributed by atoms with van der Waals surface area (Å²) < 4.78 is 5.84. The van der Waals surface area contributed by atoms with Crippen molar-refractivity contribution in [1.82, 2.24) is 20.2 Å². The van der Waals surface area contributed by atoms with Gasteiger partial charge in [0.1, 0.15) is 17.2 Å². The molecule has 1 aromatic carbocycles. The average molecular weight is 365 g/mol. The number of aromatic nitrogens is 2. The van der Waals surface area contributed by atoms with Gasteiger partial charge >= 0.3 is 0 Å². The molecular formula is C20H23N5O2. The van der Waals surface area contributed by atoms with E-state index in [4.69, 9.17) is 4.42 Å². The number of fused-ring (bicyclic) bond motifs is 1. The van der Waals surface area contributed by atoms with Crippen LogP contribution in [0.2, 0.25) is 0 Å². The largest absolute Gasteiger partial charge is 0.459 e. The van der Waals surface area contributed by atoms with Gasteiger partial charge in [-0.15, -0.1) is 0 Å². The van der Waals surface area contributed by atoms with E-state index in [0.717, 1.165) is 48.7 Å². The first-order chi connectivity index (χ1) is 13.2. The SMILES string of the molecule is C[C@@H](NC(=O)CN1CCN(c2cnccn2)CC1)c1cc2ccccc2o1. The summed E-state index contributed by atoms with van der Waals surface area (Å²) in [4.78, 5) is 25.2. The van der Waals surface area contributed by atoms with Crippen LogP contribution in [0.15, 0.2) is 53.3 Å². The van der Waals surface area contributed by atoms with E-state index in [1.807, 2.05) is 37.3 Å². The highest BCUT2D eigenvalue weighted by Gasteiger charge is 2.21. The van der Waals surface area contributed by atoms with Crippen LogP contribution in [0, 0.1) is 0 Å². The molecule has 7 heteroatoms. The van der Waals surface area contributed by atoms with Gasteiger partial charge in [-0.05, 0) is 19.1 Å². The summed E-state index contributed by atoms with van der Waals surface area (Å²) in [6.07, 6.45) is 5.15. The molecule has 7 nitrogen and oxygen atoms in total. The van der Waals surface area contributed by atoms with E-state index >= 15 is 0 Å². The van der Waals surface area contributed by atoms with Crippen LogP contribution >= 0.6 is 0 Å². The number of piperazine rings is 1. The zero-order chi connectivity index (χ0) is 18.6. The Hall–Kier alpha value is -2.93. The molecule has 0 aliphatic carbocycles. The Bertz CT molecular complexity index is 870. The molecule has 1 aliphatic heterocycles. The van der Waals surface area contributed by atoms with E-state index in [0.29, 0.717) is 6.54 Å². The molecule has 27 heavy (non-hydrogen) atoms. The van der Waals surface area contributed by atoms with E-state index in [9.17, 15) is 4.79 Å². The predicted octanol–water partition coefficient (Wildman–Crippen LogP) is 2.22. The minimum Gasteiger partial charge on any atom is -0.459 e. The highest BCUT2D eigenvalue weighted by molar-refractivity contribution is 5.80. The molecule has 1 fully saturated rings. The molecule has 0 saturated carbocycles. The number of nitrogens with one attached hydrogen (secondary N) is 1. The maximum absolute atomic E-state index is 12.4. The second-order valence-electron chi connectivity index (χ2n) is 6.80. The Balaban J connectivity index is 1.28. The lowest BCUT2D eigenvalue weighted by Crippen LogP contribution is -2.49. The van der Waals surface area contributed by atoms with Crippen molar-refractivity contribution in [2.45, 2.75) is 13.0 Å². The number of carbonyl (C=O) groups excluding carboxylic acids is 1. The van der Waals surface area contributed by atoms with Crippen molar-refractivity contribution in [3.8, 4) is 0 Å². The minimum atomic E-state index is -0.161. The Morgan fingerprint density at radius 1 is 1.22 bits per heavy atom. The van der Waals surface area contributed by atoms with Crippen LogP contribution in [0.5, 0.6) is 0 Å². The summed E-state index contributed by atoms with van der Waals surface area (Å²) in [7, 11) is 0. The summed E-state index contributed by atoms with van der Waals surface area (Å²) in [6.45, 7) is 5.66. The first-order valence-corrected chi connectivity index (χ1v) is 9.20. The molecule has 3 aromatic rings. The molecular weight excluding hydrogens is 342 g/mol. The van der Waals surface area contributed by atoms with Crippen LogP contribution in [-0.4, -0.2) is 53.5 Å². The van der Waals surface area contributed by atoms with Gasteiger partial charge in [-0.25, -0.2) is 4.98 Å². The van der Waals surface area contributed by atoms with Crippen molar-refractivity contribution >= 4 is 22.7 Å². The standard InChI is InChI=1S/C20H23N5O2/c1-15(18-12-16-4-2-3-5-17(16)27-18)23-20(26)14-24-8-10-25(11-9-24)19-13-21-6-7-22-19/h2-7,12-13,15H,8-11,14H2,1H3,(H,23,26)/t15-/m1/s1. The molecule has 140 valence electrons. The third-order valence-electron chi connectivity index (χ3n) is 4.86. The molecule has 4 rings (SSSR count). The van der Waals surface area contributed by atoms with Gasteiger partial charge in [0, 0.05) is 44.0 Å². The first-order valence-electron chi connectivity index (χ1n) is 9.20. The summed E-state index contributed by atoms with van der Waals surface area (Å²) >= 11 is 0. The molecule has 0 radical (unpaired) electrons. The molecule has 2 aromatic heterocycles. The number of furan rings is 1. The van der Waals surface area contributed by atoms with E-state index in [-0.39, 0.29) is 11.9 Å². The van der Waals surface area contributed by atoms with Gasteiger partial charge in [0.15, 0.2) is 0 Å². The molecule has 0 bridgehead atoms. The van der Waals surface area contributed by atoms with Gasteiger partial charge in [-0.1, -0.05) is 18.2 Å². The Morgan fingerprint density at radius 3 is 2.78 bits per heavy atom. The number of carbonyl (C=O) groups is 1. The van der Waals surface area contributed by atoms with Gasteiger partial charge in [0.25, 0.3) is 0 Å². The normalized spacial score (nSPS) is 16.4. The number of benzene rings is 1. The summed E-state index contributed by atoms with van der Waals surface area (Å²) in [6, 6.07) is 9.69. The second kappa shape index (κ2) is 7.75. The van der Waals surface area contributed by atoms with Crippen LogP contribution in [-0.2, 0) is 4.79 Å². The minimum absolute atomic E-state index is 0.0101. The molecule has 1 saturated heterocycles. The number of para-hydroxylation sites is 1. The van der Waals surface area contributed by atoms with E-state index in [1.165, 1.54) is 0 Å². The maximum Gasteiger partial charge on any atom is 0.234 e. The monoisotopic (exact) mass is 365 g/mol. The number of rotatable bonds is 5. The maximum atomic E-state index is 12.4. The zero-order valence-electron chi connectivity index (χ0n) is 15.3. The number of nitrogens with zero attached hydrogens (tertiary/aromatic N) is 4. The molecule has 1 aliphatic rings. The third kappa shape index (κ3) is 4.09. The highest BCUT2D eigenvalue weighted by Crippen LogP contribution is 2.23. The topological polar surface area (TPSA) is 74.5 Å². The average Bonchev–Trinajstić information content (AvgIpc) is 3.14. The molecule has 1 atom stereocenters. The lowest BCUT2D eigenvalue weighted by molar-refractivity contribution is -0.123. The smallest absolute Gasteiger partial charge is 0.234 e. The number of amides is 1. The fraction of sp³-hybridized carbons (Fsp3) is 0.350. The lowest BCUT2D eigenvalue weighted by atomic mass is 10.2. The van der Waals surface area contributed by atoms with Crippen molar-refractivity contribution < 1.29 is 9.21 Å². The van der Waals surface area contributed by atoms with Gasteiger partial charge < -0.3 is 14.6 Å². The number of anilines is 1. The molecule has 3 heterocycles. The molecule has 1 amide bonds. The fourth-order valence-corrected chi connectivity index (χ4v) is 3.37. The van der Waals surface area contributed by atoms with Crippen molar-refractivity contribution in [2.24, 2.45) is 0 Å². The highest BCUT2D eigenvalue weighted by atomic mass is 16.3. The van der Waals surface area contributed by atoms with E-state index < -0.39 is 0 Å². The Labute approximate surface area is 158 Å². The van der Waals surface area contributed by atoms with Crippen LogP contribution in [0.4, 0.5) is 5.82 Å². The van der Waals surface area contributed by atoms with Gasteiger partial charge in [-0.2, -0.15) is 0 Å². The Kier molecular flexibility index (Phi) is 5.02. The van der Waals surface area contributed by atoms with Crippen LogP contribution in [0.1, 0.15) is 18.7 Å². The summed E-state index contributed by atoms with van der Waals surface area (Å²) in [5.74, 6) is 1.67. The van der Waals surface area contributed by atoms with Gasteiger partial charge in [0.2, 0.25) is 5.91 Å².